The van der Waals surface area contributed by atoms with Crippen LogP contribution in [0.1, 0.15) is 15.9 Å². The van der Waals surface area contributed by atoms with Crippen molar-refractivity contribution in [1.29, 1.82) is 0 Å². The summed E-state index contributed by atoms with van der Waals surface area (Å²) in [5.41, 5.74) is -0.958. The molecule has 3 aromatic carbocycles. The van der Waals surface area contributed by atoms with E-state index in [9.17, 15) is 22.8 Å². The molecule has 0 bridgehead atoms. The Kier molecular flexibility index (Phi) is 6.02. The second kappa shape index (κ2) is 8.93. The number of fused-ring (bicyclic) bond motifs is 1. The molecular formula is C25H18F3NO5. The molecule has 0 unspecified atom stereocenters. The van der Waals surface area contributed by atoms with Crippen LogP contribution >= 0.6 is 0 Å². The number of halogens is 3. The molecule has 0 saturated carbocycles. The van der Waals surface area contributed by atoms with Gasteiger partial charge in [0.25, 0.3) is 5.56 Å². The van der Waals surface area contributed by atoms with Crippen molar-refractivity contribution in [3.8, 4) is 22.9 Å². The van der Waals surface area contributed by atoms with Gasteiger partial charge in [-0.15, -0.1) is 0 Å². The van der Waals surface area contributed by atoms with Gasteiger partial charge in [-0.1, -0.05) is 24.3 Å². The maximum absolute atomic E-state index is 13.2. The Morgan fingerprint density at radius 1 is 0.853 bits per heavy atom. The Balaban J connectivity index is 1.83. The molecule has 0 N–H and O–H groups in total. The summed E-state index contributed by atoms with van der Waals surface area (Å²) in [6.07, 6.45) is -3.29. The Labute approximate surface area is 191 Å². The molecule has 0 amide bonds. The van der Waals surface area contributed by atoms with Crippen LogP contribution in [0.5, 0.6) is 17.2 Å². The quantitative estimate of drug-likeness (QED) is 0.295. The van der Waals surface area contributed by atoms with Gasteiger partial charge in [-0.2, -0.15) is 13.2 Å². The lowest BCUT2D eigenvalue weighted by Crippen LogP contribution is -2.22. The molecule has 9 heteroatoms. The van der Waals surface area contributed by atoms with Crippen molar-refractivity contribution in [2.45, 2.75) is 6.18 Å². The molecule has 0 atom stereocenters. The van der Waals surface area contributed by atoms with Gasteiger partial charge in [-0.3, -0.25) is 9.36 Å². The molecule has 0 spiro atoms. The first-order valence-electron chi connectivity index (χ1n) is 9.99. The number of hydrogen-bond acceptors (Lipinski definition) is 5. The number of pyridine rings is 1. The topological polar surface area (TPSA) is 66.8 Å². The normalized spacial score (nSPS) is 11.3. The molecule has 0 saturated heterocycles. The van der Waals surface area contributed by atoms with Crippen LogP contribution in [0.3, 0.4) is 0 Å². The largest absolute Gasteiger partial charge is 0.493 e. The number of esters is 1. The third kappa shape index (κ3) is 4.32. The number of methoxy groups -OCH3 is 2. The number of aromatic nitrogens is 1. The molecule has 0 radical (unpaired) electrons. The van der Waals surface area contributed by atoms with E-state index in [1.54, 1.807) is 42.5 Å². The first-order valence-corrected chi connectivity index (χ1v) is 9.99. The van der Waals surface area contributed by atoms with Crippen LogP contribution in [-0.2, 0) is 6.18 Å². The molecule has 0 aliphatic carbocycles. The van der Waals surface area contributed by atoms with E-state index in [-0.39, 0.29) is 16.7 Å². The van der Waals surface area contributed by atoms with E-state index in [1.165, 1.54) is 31.0 Å². The highest BCUT2D eigenvalue weighted by Crippen LogP contribution is 2.32. The Morgan fingerprint density at radius 3 is 2.24 bits per heavy atom. The Morgan fingerprint density at radius 2 is 1.56 bits per heavy atom. The highest BCUT2D eigenvalue weighted by atomic mass is 19.4. The third-order valence-electron chi connectivity index (χ3n) is 5.16. The van der Waals surface area contributed by atoms with Crippen molar-refractivity contribution in [2.75, 3.05) is 14.2 Å². The number of hydrogen-bond donors (Lipinski definition) is 0. The van der Waals surface area contributed by atoms with Crippen molar-refractivity contribution in [2.24, 2.45) is 0 Å². The Hall–Kier alpha value is -4.27. The predicted molar refractivity (Wildman–Crippen MR) is 119 cm³/mol. The summed E-state index contributed by atoms with van der Waals surface area (Å²) >= 11 is 0. The van der Waals surface area contributed by atoms with E-state index in [2.05, 4.69) is 0 Å². The summed E-state index contributed by atoms with van der Waals surface area (Å²) in [5.74, 6) is -0.366. The molecule has 1 aromatic heterocycles. The summed E-state index contributed by atoms with van der Waals surface area (Å²) in [6.45, 7) is 0. The standard InChI is InChI=1S/C25H18F3NO5/c1-32-21-11-10-16(13-22(21)33-2)29-14-20(18-8-3-4-9-19(18)23(29)30)24(31)34-17-7-5-6-15(12-17)25(26,27)28/h3-14H,1-2H3. The second-order valence-corrected chi connectivity index (χ2v) is 7.22. The second-order valence-electron chi connectivity index (χ2n) is 7.22. The number of alkyl halides is 3. The number of carbonyl (C=O) groups excluding carboxylic acids is 1. The van der Waals surface area contributed by atoms with Crippen LogP contribution in [0.15, 0.2) is 77.7 Å². The first kappa shape index (κ1) is 22.9. The minimum Gasteiger partial charge on any atom is -0.493 e. The summed E-state index contributed by atoms with van der Waals surface area (Å²) in [6, 6.07) is 15.2. The third-order valence-corrected chi connectivity index (χ3v) is 5.16. The van der Waals surface area contributed by atoms with E-state index in [0.29, 0.717) is 22.6 Å². The zero-order chi connectivity index (χ0) is 24.5. The van der Waals surface area contributed by atoms with Crippen LogP contribution in [0.25, 0.3) is 16.5 Å². The molecule has 6 nitrogen and oxygen atoms in total. The van der Waals surface area contributed by atoms with Gasteiger partial charge in [0.05, 0.1) is 31.0 Å². The molecule has 34 heavy (non-hydrogen) atoms. The van der Waals surface area contributed by atoms with E-state index in [0.717, 1.165) is 18.2 Å². The zero-order valence-corrected chi connectivity index (χ0v) is 18.1. The first-order chi connectivity index (χ1) is 16.2. The van der Waals surface area contributed by atoms with Gasteiger partial charge in [-0.25, -0.2) is 4.79 Å². The minimum absolute atomic E-state index is 0.00222. The summed E-state index contributed by atoms with van der Waals surface area (Å²) in [7, 11) is 2.92. The number of carbonyl (C=O) groups is 1. The van der Waals surface area contributed by atoms with Crippen LogP contribution in [0, 0.1) is 0 Å². The average Bonchev–Trinajstić information content (AvgIpc) is 2.83. The Bertz CT molecular complexity index is 1440. The minimum atomic E-state index is -4.59. The molecule has 0 fully saturated rings. The summed E-state index contributed by atoms with van der Waals surface area (Å²) in [5, 5.41) is 0.539. The van der Waals surface area contributed by atoms with Gasteiger partial charge in [0, 0.05) is 23.0 Å². The van der Waals surface area contributed by atoms with Gasteiger partial charge < -0.3 is 14.2 Å². The fraction of sp³-hybridized carbons (Fsp3) is 0.120. The van der Waals surface area contributed by atoms with Crippen molar-refractivity contribution in [3.63, 3.8) is 0 Å². The van der Waals surface area contributed by atoms with Crippen LogP contribution in [0.2, 0.25) is 0 Å². The lowest BCUT2D eigenvalue weighted by molar-refractivity contribution is -0.137. The van der Waals surface area contributed by atoms with Crippen LogP contribution < -0.4 is 19.8 Å². The average molecular weight is 469 g/mol. The summed E-state index contributed by atoms with van der Waals surface area (Å²) in [4.78, 5) is 26.2. The van der Waals surface area contributed by atoms with E-state index in [4.69, 9.17) is 14.2 Å². The van der Waals surface area contributed by atoms with Gasteiger partial charge in [0.15, 0.2) is 11.5 Å². The molecule has 0 aliphatic heterocycles. The monoisotopic (exact) mass is 469 g/mol. The molecular weight excluding hydrogens is 451 g/mol. The van der Waals surface area contributed by atoms with E-state index >= 15 is 0 Å². The van der Waals surface area contributed by atoms with Crippen molar-refractivity contribution < 1.29 is 32.2 Å². The molecule has 1 heterocycles. The number of nitrogens with zero attached hydrogens (tertiary/aromatic N) is 1. The van der Waals surface area contributed by atoms with Crippen molar-refractivity contribution in [1.82, 2.24) is 4.57 Å². The van der Waals surface area contributed by atoms with Gasteiger partial charge >= 0.3 is 12.1 Å². The number of ether oxygens (including phenoxy) is 3. The molecule has 4 rings (SSSR count). The zero-order valence-electron chi connectivity index (χ0n) is 18.1. The smallest absolute Gasteiger partial charge is 0.416 e. The van der Waals surface area contributed by atoms with Crippen LogP contribution in [0.4, 0.5) is 13.2 Å². The highest BCUT2D eigenvalue weighted by Gasteiger charge is 2.31. The predicted octanol–water partition coefficient (Wildman–Crippen LogP) is 5.25. The van der Waals surface area contributed by atoms with Crippen LogP contribution in [-0.4, -0.2) is 24.8 Å². The molecule has 4 aromatic rings. The SMILES string of the molecule is COc1ccc(-n2cc(C(=O)Oc3cccc(C(F)(F)F)c3)c3ccccc3c2=O)cc1OC. The molecule has 174 valence electrons. The highest BCUT2D eigenvalue weighted by molar-refractivity contribution is 6.04. The van der Waals surface area contributed by atoms with Crippen molar-refractivity contribution >= 4 is 16.7 Å². The lowest BCUT2D eigenvalue weighted by Gasteiger charge is -2.14. The fourth-order valence-electron chi connectivity index (χ4n) is 3.52. The van der Waals surface area contributed by atoms with E-state index in [1.807, 2.05) is 0 Å². The maximum Gasteiger partial charge on any atom is 0.416 e. The summed E-state index contributed by atoms with van der Waals surface area (Å²) < 4.78 is 56.1. The maximum atomic E-state index is 13.2. The number of benzene rings is 3. The van der Waals surface area contributed by atoms with Gasteiger partial charge in [0.1, 0.15) is 5.75 Å². The fourth-order valence-corrected chi connectivity index (χ4v) is 3.52. The van der Waals surface area contributed by atoms with Crippen molar-refractivity contribution in [3.05, 3.63) is 94.4 Å². The van der Waals surface area contributed by atoms with E-state index < -0.39 is 23.3 Å². The number of rotatable bonds is 5. The lowest BCUT2D eigenvalue weighted by atomic mass is 10.1. The van der Waals surface area contributed by atoms with Gasteiger partial charge in [-0.05, 0) is 36.4 Å². The molecule has 0 aliphatic rings. The van der Waals surface area contributed by atoms with Gasteiger partial charge in [0.2, 0.25) is 0 Å².